The van der Waals surface area contributed by atoms with Crippen LogP contribution in [0.3, 0.4) is 0 Å². The van der Waals surface area contributed by atoms with Crippen LogP contribution in [0.25, 0.3) is 16.9 Å². The van der Waals surface area contributed by atoms with Crippen LogP contribution in [-0.2, 0) is 35.4 Å². The third kappa shape index (κ3) is 9.21. The van der Waals surface area contributed by atoms with Crippen LogP contribution < -0.4 is 4.72 Å². The summed E-state index contributed by atoms with van der Waals surface area (Å²) in [4.78, 5) is 29.5. The Hall–Kier alpha value is -4.67. The number of amides is 1. The van der Waals surface area contributed by atoms with Crippen molar-refractivity contribution in [3.63, 3.8) is 0 Å². The smallest absolute Gasteiger partial charge is 0.435 e. The number of halogens is 3. The van der Waals surface area contributed by atoms with Crippen LogP contribution in [0.5, 0.6) is 0 Å². The summed E-state index contributed by atoms with van der Waals surface area (Å²) >= 11 is 0. The molecule has 0 saturated carbocycles. The molecule has 0 bridgehead atoms. The van der Waals surface area contributed by atoms with Gasteiger partial charge in [0.05, 0.1) is 34.2 Å². The number of carbonyl (C=O) groups excluding carboxylic acids is 2. The van der Waals surface area contributed by atoms with Crippen LogP contribution in [0.1, 0.15) is 52.3 Å². The summed E-state index contributed by atoms with van der Waals surface area (Å²) in [7, 11) is -3.31. The Labute approximate surface area is 270 Å². The van der Waals surface area contributed by atoms with Crippen molar-refractivity contribution in [2.75, 3.05) is 7.05 Å². The van der Waals surface area contributed by atoms with Gasteiger partial charge in [-0.3, -0.25) is 14.4 Å². The molecule has 1 aromatic heterocycles. The van der Waals surface area contributed by atoms with Gasteiger partial charge in [0.2, 0.25) is 5.28 Å². The second-order valence-electron chi connectivity index (χ2n) is 11.2. The van der Waals surface area contributed by atoms with Gasteiger partial charge in [-0.2, -0.15) is 18.3 Å². The van der Waals surface area contributed by atoms with Gasteiger partial charge in [0.15, 0.2) is 11.7 Å². The van der Waals surface area contributed by atoms with E-state index in [0.717, 1.165) is 33.5 Å². The highest BCUT2D eigenvalue weighted by Gasteiger charge is 2.37. The number of sulfonamides is 1. The number of aromatic nitrogens is 2. The van der Waals surface area contributed by atoms with E-state index < -0.39 is 57.9 Å². The highest BCUT2D eigenvalue weighted by molar-refractivity contribution is 7.90. The van der Waals surface area contributed by atoms with Crippen molar-refractivity contribution in [2.24, 2.45) is 17.1 Å². The van der Waals surface area contributed by atoms with E-state index in [0.29, 0.717) is 12.0 Å². The number of benzene rings is 2. The molecule has 2 aromatic carbocycles. The first-order chi connectivity index (χ1) is 21.8. The zero-order chi connectivity index (χ0) is 35.3. The molecule has 1 heterocycles. The topological polar surface area (TPSA) is 158 Å². The van der Waals surface area contributed by atoms with Crippen molar-refractivity contribution >= 4 is 21.9 Å². The molecule has 0 saturated heterocycles. The molecule has 3 rings (SSSR count). The van der Waals surface area contributed by atoms with E-state index in [1.807, 2.05) is 11.6 Å². The minimum Gasteiger partial charge on any atom is -0.569 e. The number of aryl methyl sites for hydroxylation is 1. The summed E-state index contributed by atoms with van der Waals surface area (Å²) in [6.45, 7) is 9.72. The van der Waals surface area contributed by atoms with Crippen molar-refractivity contribution in [1.29, 1.82) is 0 Å². The highest BCUT2D eigenvalue weighted by Crippen LogP contribution is 2.33. The fraction of sp³-hybridized carbons (Fsp3) is 0.433. The van der Waals surface area contributed by atoms with Crippen molar-refractivity contribution in [2.45, 2.75) is 71.4 Å². The second kappa shape index (κ2) is 14.8. The van der Waals surface area contributed by atoms with Gasteiger partial charge in [0.25, 0.3) is 22.2 Å². The number of esters is 1. The summed E-state index contributed by atoms with van der Waals surface area (Å²) in [6, 6.07) is 11.1. The van der Waals surface area contributed by atoms with E-state index in [9.17, 15) is 36.4 Å². The minimum absolute atomic E-state index is 0.0670. The molecule has 256 valence electrons. The first-order valence-electron chi connectivity index (χ1n) is 14.5. The standard InChI is InChI=1S/C30H37F3N6O7S/c1-8-20(5)27(37(7)39(42)36-46-21(6)45-29(41)18(2)3)28(40)35-47(43,44)24-15-13-23(14-16-24)38-25(17-26(34-38)30(31,32)33)22-11-9-19(4)10-12-22/h9-18,20-21,27H,8H2,1-7H3,(H,35,40)/t20-,21?,27+/m1/s1. The van der Waals surface area contributed by atoms with E-state index in [2.05, 4.69) is 10.4 Å². The fourth-order valence-corrected chi connectivity index (χ4v) is 5.27. The molecule has 3 atom stereocenters. The maximum atomic E-state index is 13.6. The molecule has 0 aliphatic heterocycles. The van der Waals surface area contributed by atoms with Crippen molar-refractivity contribution in [3.05, 3.63) is 71.1 Å². The van der Waals surface area contributed by atoms with Crippen LogP contribution in [0.15, 0.2) is 64.8 Å². The Balaban J connectivity index is 1.85. The maximum Gasteiger partial charge on any atom is 0.435 e. The van der Waals surface area contributed by atoms with E-state index in [1.165, 1.54) is 26.1 Å². The fourth-order valence-electron chi connectivity index (χ4n) is 4.28. The number of likely N-dealkylation sites (N-methyl/N-ethyl adjacent to an activating group) is 1. The van der Waals surface area contributed by atoms with Crippen molar-refractivity contribution < 1.29 is 45.7 Å². The van der Waals surface area contributed by atoms with Crippen molar-refractivity contribution in [1.82, 2.24) is 19.5 Å². The normalized spacial score (nSPS) is 14.3. The number of hydrogen-bond acceptors (Lipinski definition) is 9. The second-order valence-corrected chi connectivity index (χ2v) is 12.8. The van der Waals surface area contributed by atoms with Gasteiger partial charge in [-0.1, -0.05) is 63.9 Å². The van der Waals surface area contributed by atoms with Gasteiger partial charge in [-0.15, -0.1) is 5.01 Å². The molecular weight excluding hydrogens is 645 g/mol. The van der Waals surface area contributed by atoms with Gasteiger partial charge in [-0.25, -0.2) is 17.8 Å². The van der Waals surface area contributed by atoms with Crippen molar-refractivity contribution in [3.8, 4) is 16.9 Å². The SMILES string of the molecule is CC[C@@H](C)[C@@H](C(=O)NS(=O)(=O)c1ccc(-n2nc(C(F)(F)F)cc2-c2ccc(C)cc2)cc1)N(C)[N+]([O-])=NOC(C)OC(=O)C(C)C. The molecule has 0 spiro atoms. The minimum atomic E-state index is -4.73. The van der Waals surface area contributed by atoms with E-state index in [4.69, 9.17) is 9.57 Å². The van der Waals surface area contributed by atoms with E-state index in [1.54, 1.807) is 52.0 Å². The van der Waals surface area contributed by atoms with Gasteiger partial charge in [-0.05, 0) is 43.2 Å². The Morgan fingerprint density at radius 1 is 1.09 bits per heavy atom. The lowest BCUT2D eigenvalue weighted by Gasteiger charge is -2.27. The first-order valence-corrected chi connectivity index (χ1v) is 16.0. The zero-order valence-corrected chi connectivity index (χ0v) is 27.7. The number of carbonyl (C=O) groups is 2. The molecule has 1 amide bonds. The molecule has 0 aliphatic rings. The Bertz CT molecular complexity index is 1690. The Morgan fingerprint density at radius 2 is 1.68 bits per heavy atom. The predicted molar refractivity (Wildman–Crippen MR) is 163 cm³/mol. The highest BCUT2D eigenvalue weighted by atomic mass is 32.2. The number of hydrogen-bond donors (Lipinski definition) is 1. The largest absolute Gasteiger partial charge is 0.569 e. The lowest BCUT2D eigenvalue weighted by Crippen LogP contribution is -2.52. The average molecular weight is 683 g/mol. The Kier molecular flexibility index (Phi) is 11.6. The molecule has 1 N–H and O–H groups in total. The number of alkyl halides is 3. The van der Waals surface area contributed by atoms with E-state index in [-0.39, 0.29) is 21.2 Å². The summed E-state index contributed by atoms with van der Waals surface area (Å²) in [6.07, 6.45) is -5.58. The van der Waals surface area contributed by atoms with Crippen LogP contribution >= 0.6 is 0 Å². The number of hydrazine groups is 1. The molecule has 0 fully saturated rings. The van der Waals surface area contributed by atoms with Gasteiger partial charge >= 0.3 is 12.1 Å². The Morgan fingerprint density at radius 3 is 2.21 bits per heavy atom. The number of rotatable bonds is 13. The van der Waals surface area contributed by atoms with Gasteiger partial charge in [0, 0.05) is 12.5 Å². The number of nitrogens with one attached hydrogen (secondary N) is 1. The van der Waals surface area contributed by atoms with E-state index >= 15 is 0 Å². The zero-order valence-electron chi connectivity index (χ0n) is 26.8. The number of nitrogens with zero attached hydrogens (tertiary/aromatic N) is 5. The molecule has 13 nitrogen and oxygen atoms in total. The molecule has 17 heteroatoms. The van der Waals surface area contributed by atoms with Crippen LogP contribution in [0.2, 0.25) is 0 Å². The average Bonchev–Trinajstić information content (AvgIpc) is 3.46. The molecule has 1 unspecified atom stereocenters. The molecule has 0 aliphatic carbocycles. The summed E-state index contributed by atoms with van der Waals surface area (Å²) in [5, 5.41) is 20.5. The number of ether oxygens (including phenoxy) is 1. The summed E-state index contributed by atoms with van der Waals surface area (Å²) < 4.78 is 75.1. The first kappa shape index (κ1) is 36.8. The summed E-state index contributed by atoms with van der Waals surface area (Å²) in [5.74, 6) is -2.64. The third-order valence-electron chi connectivity index (χ3n) is 7.12. The molecular formula is C30H37F3N6O7S. The maximum absolute atomic E-state index is 13.6. The summed E-state index contributed by atoms with van der Waals surface area (Å²) in [5.41, 5.74) is 0.491. The van der Waals surface area contributed by atoms with Gasteiger partial charge in [0.1, 0.15) is 0 Å². The quantitative estimate of drug-likeness (QED) is 0.0822. The lowest BCUT2D eigenvalue weighted by molar-refractivity contribution is -0.713. The molecule has 3 aromatic rings. The van der Waals surface area contributed by atoms with Gasteiger partial charge < -0.3 is 9.94 Å². The molecule has 47 heavy (non-hydrogen) atoms. The third-order valence-corrected chi connectivity index (χ3v) is 8.48. The van der Waals surface area contributed by atoms with Crippen LogP contribution in [0, 0.1) is 24.0 Å². The van der Waals surface area contributed by atoms with Crippen LogP contribution in [0.4, 0.5) is 13.2 Å². The predicted octanol–water partition coefficient (Wildman–Crippen LogP) is 5.37. The lowest BCUT2D eigenvalue weighted by atomic mass is 9.98. The van der Waals surface area contributed by atoms with Crippen LogP contribution in [-0.4, -0.2) is 59.4 Å². The molecule has 0 radical (unpaired) electrons. The monoisotopic (exact) mass is 682 g/mol.